The van der Waals surface area contributed by atoms with E-state index in [1.54, 1.807) is 14.2 Å². The van der Waals surface area contributed by atoms with Gasteiger partial charge in [-0.15, -0.1) is 0 Å². The van der Waals surface area contributed by atoms with Gasteiger partial charge in [0.15, 0.2) is 0 Å². The molecule has 0 aliphatic heterocycles. The summed E-state index contributed by atoms with van der Waals surface area (Å²) in [6.07, 6.45) is 0. The third kappa shape index (κ3) is 1.86. The molecular weight excluding hydrogens is 356 g/mol. The molecule has 2 nitrogen and oxygen atoms in total. The Hall–Kier alpha value is -3.52. The molecule has 29 heavy (non-hydrogen) atoms. The molecule has 2 heteroatoms. The molecule has 0 bridgehead atoms. The minimum Gasteiger partial charge on any atom is -0.497 e. The van der Waals surface area contributed by atoms with Gasteiger partial charge in [0.2, 0.25) is 0 Å². The zero-order chi connectivity index (χ0) is 19.6. The van der Waals surface area contributed by atoms with Gasteiger partial charge in [0.25, 0.3) is 0 Å². The second kappa shape index (κ2) is 5.74. The fourth-order valence-electron chi connectivity index (χ4n) is 5.44. The Bertz CT molecular complexity index is 1240. The van der Waals surface area contributed by atoms with Crippen LogP contribution in [0.2, 0.25) is 0 Å². The monoisotopic (exact) mass is 376 g/mol. The van der Waals surface area contributed by atoms with Gasteiger partial charge in [0.05, 0.1) is 19.6 Å². The van der Waals surface area contributed by atoms with Crippen molar-refractivity contribution in [2.45, 2.75) is 5.41 Å². The van der Waals surface area contributed by atoms with Crippen LogP contribution in [0.5, 0.6) is 11.5 Å². The van der Waals surface area contributed by atoms with Crippen molar-refractivity contribution in [3.63, 3.8) is 0 Å². The highest BCUT2D eigenvalue weighted by atomic mass is 16.5. The molecule has 0 radical (unpaired) electrons. The van der Waals surface area contributed by atoms with Crippen LogP contribution in [0.4, 0.5) is 0 Å². The number of rotatable bonds is 2. The van der Waals surface area contributed by atoms with Gasteiger partial charge in [-0.05, 0) is 57.1 Å². The highest BCUT2D eigenvalue weighted by Gasteiger charge is 2.53. The van der Waals surface area contributed by atoms with Gasteiger partial charge in [-0.1, -0.05) is 66.7 Å². The van der Waals surface area contributed by atoms with E-state index >= 15 is 0 Å². The lowest BCUT2D eigenvalue weighted by Gasteiger charge is -2.31. The topological polar surface area (TPSA) is 18.5 Å². The third-order valence-corrected chi connectivity index (χ3v) is 6.49. The summed E-state index contributed by atoms with van der Waals surface area (Å²) in [4.78, 5) is 0. The summed E-state index contributed by atoms with van der Waals surface area (Å²) in [5.74, 6) is 1.79. The summed E-state index contributed by atoms with van der Waals surface area (Å²) in [5, 5.41) is 0. The van der Waals surface area contributed by atoms with E-state index in [0.717, 1.165) is 11.5 Å². The molecule has 4 aromatic carbocycles. The van der Waals surface area contributed by atoms with Crippen LogP contribution in [0.15, 0.2) is 84.9 Å². The number of hydrogen-bond donors (Lipinski definition) is 0. The molecular formula is C27H20O2. The van der Waals surface area contributed by atoms with Crippen LogP contribution >= 0.6 is 0 Å². The van der Waals surface area contributed by atoms with Crippen molar-refractivity contribution >= 4 is 0 Å². The van der Waals surface area contributed by atoms with Gasteiger partial charge in [-0.25, -0.2) is 0 Å². The molecule has 0 heterocycles. The quantitative estimate of drug-likeness (QED) is 0.366. The summed E-state index contributed by atoms with van der Waals surface area (Å²) >= 11 is 0. The van der Waals surface area contributed by atoms with E-state index in [4.69, 9.17) is 9.47 Å². The second-order valence-corrected chi connectivity index (χ2v) is 7.64. The summed E-state index contributed by atoms with van der Waals surface area (Å²) in [7, 11) is 3.48. The molecule has 2 aliphatic rings. The lowest BCUT2D eigenvalue weighted by Crippen LogP contribution is -2.26. The Kier molecular flexibility index (Phi) is 3.25. The average Bonchev–Trinajstić information content (AvgIpc) is 3.26. The molecule has 0 atom stereocenters. The predicted octanol–water partition coefficient (Wildman–Crippen LogP) is 6.05. The molecule has 0 unspecified atom stereocenters. The fraction of sp³-hybridized carbons (Fsp3) is 0.111. The summed E-state index contributed by atoms with van der Waals surface area (Å²) in [6, 6.07) is 30.4. The van der Waals surface area contributed by atoms with Crippen molar-refractivity contribution < 1.29 is 9.47 Å². The van der Waals surface area contributed by atoms with Crippen molar-refractivity contribution in [2.24, 2.45) is 0 Å². The number of fused-ring (bicyclic) bond motifs is 10. The Morgan fingerprint density at radius 1 is 0.552 bits per heavy atom. The van der Waals surface area contributed by atoms with Crippen LogP contribution in [0.1, 0.15) is 22.3 Å². The number of hydrogen-bond acceptors (Lipinski definition) is 2. The first-order valence-corrected chi connectivity index (χ1v) is 9.86. The van der Waals surface area contributed by atoms with Gasteiger partial charge in [0, 0.05) is 5.56 Å². The molecule has 6 rings (SSSR count). The lowest BCUT2D eigenvalue weighted by atomic mass is 9.70. The zero-order valence-corrected chi connectivity index (χ0v) is 16.4. The van der Waals surface area contributed by atoms with Crippen LogP contribution in [0.25, 0.3) is 22.3 Å². The van der Waals surface area contributed by atoms with Gasteiger partial charge in [-0.3, -0.25) is 0 Å². The fourth-order valence-corrected chi connectivity index (χ4v) is 5.44. The van der Waals surface area contributed by atoms with Crippen LogP contribution in [-0.2, 0) is 5.41 Å². The van der Waals surface area contributed by atoms with Crippen molar-refractivity contribution in [3.8, 4) is 33.8 Å². The molecule has 0 saturated carbocycles. The Labute approximate surface area is 170 Å². The van der Waals surface area contributed by atoms with Crippen molar-refractivity contribution in [2.75, 3.05) is 14.2 Å². The maximum atomic E-state index is 5.93. The van der Waals surface area contributed by atoms with Crippen LogP contribution in [0, 0.1) is 0 Å². The molecule has 0 N–H and O–H groups in total. The largest absolute Gasteiger partial charge is 0.497 e. The highest BCUT2D eigenvalue weighted by Crippen LogP contribution is 2.64. The van der Waals surface area contributed by atoms with E-state index in [1.807, 2.05) is 0 Å². The molecule has 2 aliphatic carbocycles. The standard InChI is InChI=1S/C27H20O2/c1-28-17-14-15-24-21(16-17)20-10-7-13-25(29-2)26(20)27(24)22-11-5-3-8-18(22)19-9-4-6-12-23(19)27/h3-16H,1-2H3. The van der Waals surface area contributed by atoms with E-state index < -0.39 is 0 Å². The maximum absolute atomic E-state index is 5.93. The molecule has 0 amide bonds. The molecule has 0 saturated heterocycles. The minimum absolute atomic E-state index is 0.378. The Balaban J connectivity index is 1.85. The summed E-state index contributed by atoms with van der Waals surface area (Å²) in [5.41, 5.74) is 9.78. The smallest absolute Gasteiger partial charge is 0.124 e. The first-order chi connectivity index (χ1) is 14.3. The zero-order valence-electron chi connectivity index (χ0n) is 16.4. The van der Waals surface area contributed by atoms with Crippen molar-refractivity contribution in [1.29, 1.82) is 0 Å². The predicted molar refractivity (Wildman–Crippen MR) is 116 cm³/mol. The van der Waals surface area contributed by atoms with Gasteiger partial charge < -0.3 is 9.47 Å². The lowest BCUT2D eigenvalue weighted by molar-refractivity contribution is 0.406. The average molecular weight is 376 g/mol. The maximum Gasteiger partial charge on any atom is 0.124 e. The summed E-state index contributed by atoms with van der Waals surface area (Å²) in [6.45, 7) is 0. The van der Waals surface area contributed by atoms with E-state index in [1.165, 1.54) is 44.5 Å². The van der Waals surface area contributed by atoms with Crippen LogP contribution < -0.4 is 9.47 Å². The van der Waals surface area contributed by atoms with Gasteiger partial charge in [0.1, 0.15) is 11.5 Å². The van der Waals surface area contributed by atoms with E-state index in [9.17, 15) is 0 Å². The molecule has 4 aromatic rings. The second-order valence-electron chi connectivity index (χ2n) is 7.64. The van der Waals surface area contributed by atoms with E-state index in [2.05, 4.69) is 84.9 Å². The van der Waals surface area contributed by atoms with Crippen molar-refractivity contribution in [3.05, 3.63) is 107 Å². The Morgan fingerprint density at radius 3 is 1.83 bits per heavy atom. The molecule has 1 spiro atoms. The number of ether oxygens (including phenoxy) is 2. The Morgan fingerprint density at radius 2 is 1.17 bits per heavy atom. The molecule has 0 fully saturated rings. The number of benzene rings is 4. The summed E-state index contributed by atoms with van der Waals surface area (Å²) < 4.78 is 11.5. The van der Waals surface area contributed by atoms with Crippen molar-refractivity contribution in [1.82, 2.24) is 0 Å². The number of methoxy groups -OCH3 is 2. The van der Waals surface area contributed by atoms with Crippen LogP contribution in [-0.4, -0.2) is 14.2 Å². The van der Waals surface area contributed by atoms with E-state index in [0.29, 0.717) is 0 Å². The highest BCUT2D eigenvalue weighted by molar-refractivity contribution is 5.96. The van der Waals surface area contributed by atoms with Gasteiger partial charge in [-0.2, -0.15) is 0 Å². The minimum atomic E-state index is -0.378. The normalized spacial score (nSPS) is 14.1. The molecule has 0 aromatic heterocycles. The SMILES string of the molecule is COc1ccc2c(c1)-c1cccc(OC)c1C21c2ccccc2-c2ccccc21. The first kappa shape index (κ1) is 16.4. The van der Waals surface area contributed by atoms with E-state index in [-0.39, 0.29) is 5.41 Å². The van der Waals surface area contributed by atoms with Gasteiger partial charge >= 0.3 is 0 Å². The first-order valence-electron chi connectivity index (χ1n) is 9.86. The van der Waals surface area contributed by atoms with Crippen LogP contribution in [0.3, 0.4) is 0 Å². The third-order valence-electron chi connectivity index (χ3n) is 6.49. The molecule has 140 valence electrons.